The number of imide groups is 1. The van der Waals surface area contributed by atoms with E-state index in [1.165, 1.54) is 18.4 Å². The van der Waals surface area contributed by atoms with Gasteiger partial charge in [-0.1, -0.05) is 29.8 Å². The molecule has 0 saturated heterocycles. The van der Waals surface area contributed by atoms with Gasteiger partial charge in [-0.15, -0.1) is 11.3 Å². The molecule has 0 aliphatic carbocycles. The number of fused-ring (bicyclic) bond motifs is 1. The Labute approximate surface area is 181 Å². The van der Waals surface area contributed by atoms with Gasteiger partial charge in [-0.2, -0.15) is 0 Å². The van der Waals surface area contributed by atoms with Crippen LogP contribution < -0.4 is 10.6 Å². The van der Waals surface area contributed by atoms with E-state index >= 15 is 0 Å². The number of hydrogen-bond donors (Lipinski definition) is 2. The Hall–Kier alpha value is -3.01. The van der Waals surface area contributed by atoms with Gasteiger partial charge in [0.25, 0.3) is 5.91 Å². The second-order valence-electron chi connectivity index (χ2n) is 6.05. The molecule has 0 bridgehead atoms. The van der Waals surface area contributed by atoms with Crippen LogP contribution in [0.4, 0.5) is 4.79 Å². The van der Waals surface area contributed by atoms with Crippen molar-refractivity contribution in [3.8, 4) is 10.6 Å². The number of urea groups is 1. The molecule has 3 rings (SSSR count). The lowest BCUT2D eigenvalue weighted by Crippen LogP contribution is -2.42. The van der Waals surface area contributed by atoms with Crippen molar-refractivity contribution in [2.75, 3.05) is 26.9 Å². The first kappa shape index (κ1) is 21.7. The Kier molecular flexibility index (Phi) is 7.34. The molecule has 0 aliphatic rings. The van der Waals surface area contributed by atoms with Crippen LogP contribution in [0.5, 0.6) is 0 Å². The number of para-hydroxylation sites is 1. The zero-order valence-electron chi connectivity index (χ0n) is 15.9. The highest BCUT2D eigenvalue weighted by atomic mass is 35.5. The molecule has 2 heterocycles. The average molecular weight is 448 g/mol. The van der Waals surface area contributed by atoms with Crippen LogP contribution in [0, 0.1) is 0 Å². The highest BCUT2D eigenvalue weighted by Crippen LogP contribution is 2.32. The summed E-state index contributed by atoms with van der Waals surface area (Å²) in [6.07, 6.45) is 0. The molecule has 156 valence electrons. The molecule has 0 aliphatic heterocycles. The summed E-state index contributed by atoms with van der Waals surface area (Å²) in [5.41, 5.74) is 1.44. The molecule has 30 heavy (non-hydrogen) atoms. The monoisotopic (exact) mass is 447 g/mol. The number of methoxy groups -OCH3 is 1. The van der Waals surface area contributed by atoms with E-state index in [0.29, 0.717) is 27.5 Å². The maximum atomic E-state index is 12.7. The molecule has 1 aromatic carbocycles. The molecule has 2 aromatic heterocycles. The van der Waals surface area contributed by atoms with Crippen LogP contribution in [0.1, 0.15) is 10.4 Å². The summed E-state index contributed by atoms with van der Waals surface area (Å²) in [4.78, 5) is 41.5. The van der Waals surface area contributed by atoms with Crippen LogP contribution in [-0.2, 0) is 14.3 Å². The number of nitrogens with zero attached hydrogens (tertiary/aromatic N) is 1. The Bertz CT molecular complexity index is 1090. The fraction of sp³-hybridized carbons (Fsp3) is 0.200. The van der Waals surface area contributed by atoms with Gasteiger partial charge < -0.3 is 14.8 Å². The van der Waals surface area contributed by atoms with Gasteiger partial charge in [-0.3, -0.25) is 10.1 Å². The largest absolute Gasteiger partial charge is 0.452 e. The molecule has 0 unspecified atom stereocenters. The molecule has 0 atom stereocenters. The molecule has 0 radical (unpaired) electrons. The third-order valence-corrected chi connectivity index (χ3v) is 5.19. The Morgan fingerprint density at radius 3 is 2.70 bits per heavy atom. The number of carbonyl (C=O) groups is 3. The van der Waals surface area contributed by atoms with Crippen LogP contribution >= 0.6 is 22.9 Å². The molecule has 10 heteroatoms. The maximum Gasteiger partial charge on any atom is 0.339 e. The normalized spacial score (nSPS) is 10.6. The Morgan fingerprint density at radius 1 is 1.17 bits per heavy atom. The van der Waals surface area contributed by atoms with E-state index < -0.39 is 24.5 Å². The van der Waals surface area contributed by atoms with Crippen molar-refractivity contribution < 1.29 is 23.9 Å². The SMILES string of the molecule is COCCNC(=O)NC(=O)COC(=O)c1cc(-c2ccc(Cl)s2)nc2ccccc12. The Morgan fingerprint density at radius 2 is 1.97 bits per heavy atom. The van der Waals surface area contributed by atoms with Crippen molar-refractivity contribution in [1.29, 1.82) is 0 Å². The number of halogens is 1. The molecule has 3 aromatic rings. The second kappa shape index (κ2) is 10.1. The van der Waals surface area contributed by atoms with Crippen molar-refractivity contribution in [2.45, 2.75) is 0 Å². The van der Waals surface area contributed by atoms with Gasteiger partial charge in [0.1, 0.15) is 0 Å². The van der Waals surface area contributed by atoms with Crippen molar-refractivity contribution in [2.24, 2.45) is 0 Å². The first-order chi connectivity index (χ1) is 14.5. The van der Waals surface area contributed by atoms with E-state index in [0.717, 1.165) is 4.88 Å². The molecule has 0 fully saturated rings. The summed E-state index contributed by atoms with van der Waals surface area (Å²) in [6, 6.07) is 11.6. The van der Waals surface area contributed by atoms with E-state index in [1.54, 1.807) is 30.3 Å². The quantitative estimate of drug-likeness (QED) is 0.425. The zero-order chi connectivity index (χ0) is 21.5. The molecular formula is C20H18ClN3O5S. The number of pyridine rings is 1. The first-order valence-electron chi connectivity index (χ1n) is 8.87. The van der Waals surface area contributed by atoms with Crippen molar-refractivity contribution >= 4 is 51.7 Å². The number of hydrogen-bond acceptors (Lipinski definition) is 7. The smallest absolute Gasteiger partial charge is 0.339 e. The number of esters is 1. The fourth-order valence-electron chi connectivity index (χ4n) is 2.60. The summed E-state index contributed by atoms with van der Waals surface area (Å²) < 4.78 is 10.5. The van der Waals surface area contributed by atoms with Crippen molar-refractivity contribution in [3.63, 3.8) is 0 Å². The van der Waals surface area contributed by atoms with Crippen LogP contribution in [0.15, 0.2) is 42.5 Å². The minimum Gasteiger partial charge on any atom is -0.452 e. The fourth-order valence-corrected chi connectivity index (χ4v) is 3.61. The van der Waals surface area contributed by atoms with Gasteiger partial charge in [0, 0.05) is 19.0 Å². The highest BCUT2D eigenvalue weighted by molar-refractivity contribution is 7.19. The van der Waals surface area contributed by atoms with E-state index in [2.05, 4.69) is 15.6 Å². The number of thiophene rings is 1. The number of carbonyl (C=O) groups excluding carboxylic acids is 3. The van der Waals surface area contributed by atoms with Gasteiger partial charge in [0.2, 0.25) is 0 Å². The maximum absolute atomic E-state index is 12.7. The number of amides is 3. The van der Waals surface area contributed by atoms with E-state index in [4.69, 9.17) is 21.1 Å². The van der Waals surface area contributed by atoms with Gasteiger partial charge in [-0.05, 0) is 24.3 Å². The number of nitrogens with one attached hydrogen (secondary N) is 2. The summed E-state index contributed by atoms with van der Waals surface area (Å²) in [5, 5.41) is 5.10. The molecule has 2 N–H and O–H groups in total. The number of rotatable bonds is 7. The minimum atomic E-state index is -0.748. The lowest BCUT2D eigenvalue weighted by Gasteiger charge is -2.10. The van der Waals surface area contributed by atoms with Crippen LogP contribution in [0.3, 0.4) is 0 Å². The van der Waals surface area contributed by atoms with Gasteiger partial charge in [0.15, 0.2) is 6.61 Å². The molecule has 8 nitrogen and oxygen atoms in total. The first-order valence-corrected chi connectivity index (χ1v) is 10.1. The lowest BCUT2D eigenvalue weighted by molar-refractivity contribution is -0.123. The van der Waals surface area contributed by atoms with E-state index in [1.807, 2.05) is 12.1 Å². The second-order valence-corrected chi connectivity index (χ2v) is 7.76. The number of ether oxygens (including phenoxy) is 2. The van der Waals surface area contributed by atoms with E-state index in [9.17, 15) is 14.4 Å². The zero-order valence-corrected chi connectivity index (χ0v) is 17.5. The van der Waals surface area contributed by atoms with Crippen molar-refractivity contribution in [1.82, 2.24) is 15.6 Å². The molecule has 3 amide bonds. The molecule has 0 spiro atoms. The average Bonchev–Trinajstić information content (AvgIpc) is 3.17. The van der Waals surface area contributed by atoms with Crippen LogP contribution in [0.2, 0.25) is 4.34 Å². The third-order valence-electron chi connectivity index (χ3n) is 3.94. The Balaban J connectivity index is 1.73. The number of benzene rings is 1. The summed E-state index contributed by atoms with van der Waals surface area (Å²) in [5.74, 6) is -1.45. The van der Waals surface area contributed by atoms with Gasteiger partial charge in [-0.25, -0.2) is 14.6 Å². The molecular weight excluding hydrogens is 430 g/mol. The summed E-state index contributed by atoms with van der Waals surface area (Å²) in [6.45, 7) is -0.0508. The topological polar surface area (TPSA) is 107 Å². The number of aromatic nitrogens is 1. The third kappa shape index (κ3) is 5.53. The van der Waals surface area contributed by atoms with Gasteiger partial charge in [0.05, 0.1) is 32.6 Å². The molecule has 0 saturated carbocycles. The van der Waals surface area contributed by atoms with Gasteiger partial charge >= 0.3 is 12.0 Å². The van der Waals surface area contributed by atoms with Crippen LogP contribution in [0.25, 0.3) is 21.5 Å². The predicted octanol–water partition coefficient (Wildman–Crippen LogP) is 3.25. The van der Waals surface area contributed by atoms with E-state index in [-0.39, 0.29) is 12.1 Å². The summed E-state index contributed by atoms with van der Waals surface area (Å²) in [7, 11) is 1.49. The minimum absolute atomic E-state index is 0.244. The highest BCUT2D eigenvalue weighted by Gasteiger charge is 2.18. The predicted molar refractivity (Wildman–Crippen MR) is 114 cm³/mol. The summed E-state index contributed by atoms with van der Waals surface area (Å²) >= 11 is 7.35. The lowest BCUT2D eigenvalue weighted by atomic mass is 10.1. The van der Waals surface area contributed by atoms with Crippen molar-refractivity contribution in [3.05, 3.63) is 52.4 Å². The van der Waals surface area contributed by atoms with Crippen LogP contribution in [-0.4, -0.2) is 49.8 Å². The standard InChI is InChI=1S/C20H18ClN3O5S/c1-28-9-8-22-20(27)24-18(25)11-29-19(26)13-10-15(16-6-7-17(21)30-16)23-14-5-3-2-4-12(13)14/h2-7,10H,8-9,11H2,1H3,(H2,22,24,25,27).